The first-order chi connectivity index (χ1) is 11.4. The van der Waals surface area contributed by atoms with Crippen LogP contribution in [0.4, 0.5) is 0 Å². The number of aromatic nitrogens is 1. The van der Waals surface area contributed by atoms with E-state index < -0.39 is 0 Å². The summed E-state index contributed by atoms with van der Waals surface area (Å²) in [6.07, 6.45) is 3.25. The van der Waals surface area contributed by atoms with Gasteiger partial charge >= 0.3 is 0 Å². The minimum Gasteiger partial charge on any atom is -0.340 e. The third kappa shape index (κ3) is 4.15. The molecule has 1 saturated heterocycles. The van der Waals surface area contributed by atoms with Crippen molar-refractivity contribution >= 4 is 23.2 Å². The van der Waals surface area contributed by atoms with Crippen molar-refractivity contribution in [3.63, 3.8) is 0 Å². The van der Waals surface area contributed by atoms with E-state index in [9.17, 15) is 9.59 Å². The molecule has 2 amide bonds. The Hall–Kier alpha value is -1.43. The molecular formula is C18H27N3O2S. The molecule has 1 aliphatic carbocycles. The van der Waals surface area contributed by atoms with Crippen molar-refractivity contribution in [1.29, 1.82) is 0 Å². The Labute approximate surface area is 148 Å². The van der Waals surface area contributed by atoms with Crippen molar-refractivity contribution in [3.8, 4) is 0 Å². The number of nitrogens with zero attached hydrogens (tertiary/aromatic N) is 3. The number of amides is 2. The molecule has 132 valence electrons. The number of carbonyl (C=O) groups excluding carboxylic acids is 2. The lowest BCUT2D eigenvalue weighted by atomic mass is 10.0. The van der Waals surface area contributed by atoms with E-state index in [0.717, 1.165) is 17.2 Å². The highest BCUT2D eigenvalue weighted by Crippen LogP contribution is 2.32. The lowest BCUT2D eigenvalue weighted by Crippen LogP contribution is -2.48. The molecule has 0 bridgehead atoms. The van der Waals surface area contributed by atoms with Crippen LogP contribution in [-0.2, 0) is 16.0 Å². The zero-order valence-corrected chi connectivity index (χ0v) is 15.6. The molecule has 1 aromatic heterocycles. The zero-order chi connectivity index (χ0) is 17.3. The third-order valence-electron chi connectivity index (χ3n) is 5.00. The smallest absolute Gasteiger partial charge is 0.228 e. The molecule has 3 rings (SSSR count). The molecule has 2 heterocycles. The minimum atomic E-state index is 0.0898. The van der Waals surface area contributed by atoms with Gasteiger partial charge in [0.2, 0.25) is 11.8 Å². The molecule has 6 heteroatoms. The average molecular weight is 350 g/mol. The Morgan fingerprint density at radius 3 is 2.75 bits per heavy atom. The monoisotopic (exact) mass is 349 g/mol. The molecule has 0 aromatic carbocycles. The fraction of sp³-hybridized carbons (Fsp3) is 0.722. The topological polar surface area (TPSA) is 53.5 Å². The van der Waals surface area contributed by atoms with Crippen LogP contribution >= 0.6 is 11.3 Å². The number of carbonyl (C=O) groups is 2. The van der Waals surface area contributed by atoms with Gasteiger partial charge in [-0.05, 0) is 31.6 Å². The third-order valence-corrected chi connectivity index (χ3v) is 5.82. The number of thiazole rings is 1. The molecule has 0 radical (unpaired) electrons. The quantitative estimate of drug-likeness (QED) is 0.821. The van der Waals surface area contributed by atoms with Crippen molar-refractivity contribution in [3.05, 3.63) is 16.1 Å². The highest BCUT2D eigenvalue weighted by Gasteiger charge is 2.36. The van der Waals surface area contributed by atoms with E-state index in [1.165, 1.54) is 12.8 Å². The van der Waals surface area contributed by atoms with Crippen LogP contribution in [0.15, 0.2) is 5.38 Å². The number of hydrogen-bond donors (Lipinski definition) is 0. The highest BCUT2D eigenvalue weighted by molar-refractivity contribution is 7.09. The molecule has 0 spiro atoms. The average Bonchev–Trinajstić information content (AvgIpc) is 3.28. The fourth-order valence-electron chi connectivity index (χ4n) is 3.34. The van der Waals surface area contributed by atoms with E-state index in [-0.39, 0.29) is 17.9 Å². The van der Waals surface area contributed by atoms with Gasteiger partial charge in [0.1, 0.15) is 0 Å². The maximum absolute atomic E-state index is 12.7. The van der Waals surface area contributed by atoms with Crippen molar-refractivity contribution in [2.45, 2.75) is 52.5 Å². The molecule has 2 aliphatic rings. The second-order valence-corrected chi connectivity index (χ2v) is 8.49. The van der Waals surface area contributed by atoms with Gasteiger partial charge in [-0.25, -0.2) is 4.98 Å². The van der Waals surface area contributed by atoms with Gasteiger partial charge in [-0.15, -0.1) is 11.3 Å². The first-order valence-electron chi connectivity index (χ1n) is 8.92. The first kappa shape index (κ1) is 17.4. The molecule has 0 N–H and O–H groups in total. The minimum absolute atomic E-state index is 0.0898. The lowest BCUT2D eigenvalue weighted by Gasteiger charge is -2.34. The van der Waals surface area contributed by atoms with Gasteiger partial charge in [-0.3, -0.25) is 9.59 Å². The summed E-state index contributed by atoms with van der Waals surface area (Å²) in [4.78, 5) is 33.6. The molecule has 1 atom stereocenters. The summed E-state index contributed by atoms with van der Waals surface area (Å²) in [5.41, 5.74) is 0.842. The highest BCUT2D eigenvalue weighted by atomic mass is 32.1. The lowest BCUT2D eigenvalue weighted by molar-refractivity contribution is -0.134. The van der Waals surface area contributed by atoms with Crippen LogP contribution in [0, 0.1) is 18.8 Å². The van der Waals surface area contributed by atoms with Gasteiger partial charge < -0.3 is 9.80 Å². The van der Waals surface area contributed by atoms with E-state index in [1.54, 1.807) is 11.3 Å². The second kappa shape index (κ2) is 7.21. The second-order valence-electron chi connectivity index (χ2n) is 7.43. The fourth-order valence-corrected chi connectivity index (χ4v) is 3.96. The summed E-state index contributed by atoms with van der Waals surface area (Å²) < 4.78 is 0. The Bertz CT molecular complexity index is 609. The Morgan fingerprint density at radius 2 is 2.17 bits per heavy atom. The number of aryl methyl sites for hydroxylation is 1. The van der Waals surface area contributed by atoms with Gasteiger partial charge in [-0.1, -0.05) is 13.8 Å². The van der Waals surface area contributed by atoms with Crippen LogP contribution in [0.2, 0.25) is 0 Å². The summed E-state index contributed by atoms with van der Waals surface area (Å²) in [5, 5.41) is 2.94. The largest absolute Gasteiger partial charge is 0.340 e. The first-order valence-corrected chi connectivity index (χ1v) is 9.80. The summed E-state index contributed by atoms with van der Waals surface area (Å²) in [6, 6.07) is 0.127. The maximum Gasteiger partial charge on any atom is 0.228 e. The van der Waals surface area contributed by atoms with Gasteiger partial charge in [-0.2, -0.15) is 0 Å². The van der Waals surface area contributed by atoms with Crippen LogP contribution in [0.1, 0.15) is 43.8 Å². The van der Waals surface area contributed by atoms with Gasteiger partial charge in [0.25, 0.3) is 0 Å². The summed E-state index contributed by atoms with van der Waals surface area (Å²) in [7, 11) is 0. The van der Waals surface area contributed by atoms with Crippen molar-refractivity contribution < 1.29 is 9.59 Å². The summed E-state index contributed by atoms with van der Waals surface area (Å²) in [5.74, 6) is 1.32. The number of hydrogen-bond acceptors (Lipinski definition) is 4. The zero-order valence-electron chi connectivity index (χ0n) is 14.8. The van der Waals surface area contributed by atoms with Crippen molar-refractivity contribution in [2.24, 2.45) is 11.8 Å². The van der Waals surface area contributed by atoms with Gasteiger partial charge in [0.05, 0.1) is 23.2 Å². The van der Waals surface area contributed by atoms with Gasteiger partial charge in [0.15, 0.2) is 0 Å². The Morgan fingerprint density at radius 1 is 1.42 bits per heavy atom. The van der Waals surface area contributed by atoms with Crippen LogP contribution in [0.25, 0.3) is 0 Å². The summed E-state index contributed by atoms with van der Waals surface area (Å²) >= 11 is 1.57. The summed E-state index contributed by atoms with van der Waals surface area (Å²) in [6.45, 7) is 8.30. The Balaban J connectivity index is 1.70. The van der Waals surface area contributed by atoms with E-state index in [1.807, 2.05) is 17.2 Å². The molecule has 24 heavy (non-hydrogen) atoms. The van der Waals surface area contributed by atoms with Crippen molar-refractivity contribution in [2.75, 3.05) is 19.6 Å². The van der Waals surface area contributed by atoms with E-state index in [2.05, 4.69) is 23.7 Å². The molecular weight excluding hydrogens is 322 g/mol. The van der Waals surface area contributed by atoms with E-state index >= 15 is 0 Å². The molecule has 2 fully saturated rings. The van der Waals surface area contributed by atoms with Gasteiger partial charge in [0, 0.05) is 31.4 Å². The Kier molecular flexibility index (Phi) is 5.23. The predicted molar refractivity (Wildman–Crippen MR) is 94.8 cm³/mol. The molecule has 1 aromatic rings. The van der Waals surface area contributed by atoms with E-state index in [4.69, 9.17) is 0 Å². The normalized spacial score (nSPS) is 22.2. The predicted octanol–water partition coefficient (Wildman–Crippen LogP) is 2.49. The maximum atomic E-state index is 12.7. The molecule has 5 nitrogen and oxygen atoms in total. The standard InChI is InChI=1S/C18H27N3O2S/c1-12(2)16-10-20(18(23)8-15-11-24-13(3)19-15)7-6-17(22)21(16)9-14-4-5-14/h11-12,14,16H,4-10H2,1-3H3. The molecule has 1 aliphatic heterocycles. The molecule has 1 saturated carbocycles. The van der Waals surface area contributed by atoms with Crippen LogP contribution in [0.3, 0.4) is 0 Å². The van der Waals surface area contributed by atoms with Crippen LogP contribution in [0.5, 0.6) is 0 Å². The molecule has 1 unspecified atom stereocenters. The van der Waals surface area contributed by atoms with Crippen molar-refractivity contribution in [1.82, 2.24) is 14.8 Å². The SMILES string of the molecule is Cc1nc(CC(=O)N2CCC(=O)N(CC3CC3)C(C(C)C)C2)cs1. The van der Waals surface area contributed by atoms with E-state index in [0.29, 0.717) is 37.8 Å². The van der Waals surface area contributed by atoms with Crippen LogP contribution < -0.4 is 0 Å². The van der Waals surface area contributed by atoms with Crippen LogP contribution in [-0.4, -0.2) is 52.3 Å². The number of rotatable bonds is 5.